The summed E-state index contributed by atoms with van der Waals surface area (Å²) < 4.78 is 0.889. The number of aromatic nitrogens is 2. The van der Waals surface area contributed by atoms with Crippen LogP contribution in [0.4, 0.5) is 5.82 Å². The molecule has 1 aliphatic heterocycles. The van der Waals surface area contributed by atoms with Crippen molar-refractivity contribution < 1.29 is 0 Å². The molecule has 0 atom stereocenters. The fourth-order valence-corrected chi connectivity index (χ4v) is 3.45. The Hall–Kier alpha value is -0.650. The van der Waals surface area contributed by atoms with Gasteiger partial charge in [0.2, 0.25) is 5.28 Å². The van der Waals surface area contributed by atoms with Gasteiger partial charge in [-0.25, -0.2) is 4.98 Å². The Labute approximate surface area is 117 Å². The Morgan fingerprint density at radius 3 is 3.24 bits per heavy atom. The van der Waals surface area contributed by atoms with E-state index in [2.05, 4.69) is 42.2 Å². The van der Waals surface area contributed by atoms with Crippen LogP contribution in [0.25, 0.3) is 0 Å². The fraction of sp³-hybridized carbons (Fsp3) is 0.273. The van der Waals surface area contributed by atoms with E-state index in [0.29, 0.717) is 5.28 Å². The molecule has 2 aromatic heterocycles. The molecule has 0 aliphatic carbocycles. The summed E-state index contributed by atoms with van der Waals surface area (Å²) in [5.41, 5.74) is 1.39. The summed E-state index contributed by atoms with van der Waals surface area (Å²) >= 11 is 11.2. The summed E-state index contributed by atoms with van der Waals surface area (Å²) in [6.45, 7) is 1.87. The number of halogens is 2. The normalized spacial score (nSPS) is 14.8. The third-order valence-corrected chi connectivity index (χ3v) is 4.57. The molecular formula is C11H9BrClN3S. The van der Waals surface area contributed by atoms with Gasteiger partial charge in [-0.3, -0.25) is 0 Å². The number of hydrogen-bond acceptors (Lipinski definition) is 4. The van der Waals surface area contributed by atoms with Crippen molar-refractivity contribution in [3.8, 4) is 0 Å². The summed E-state index contributed by atoms with van der Waals surface area (Å²) in [4.78, 5) is 12.0. The van der Waals surface area contributed by atoms with Crippen LogP contribution in [0.1, 0.15) is 10.4 Å². The van der Waals surface area contributed by atoms with Crippen molar-refractivity contribution in [2.24, 2.45) is 0 Å². The fourth-order valence-electron chi connectivity index (χ4n) is 1.99. The van der Waals surface area contributed by atoms with Crippen molar-refractivity contribution in [2.75, 3.05) is 11.4 Å². The van der Waals surface area contributed by atoms with E-state index in [1.54, 1.807) is 6.20 Å². The van der Waals surface area contributed by atoms with Crippen LogP contribution in [0.15, 0.2) is 22.1 Å². The number of fused-ring (bicyclic) bond motifs is 1. The number of nitrogens with zero attached hydrogens (tertiary/aromatic N) is 3. The maximum atomic E-state index is 5.85. The zero-order chi connectivity index (χ0) is 11.8. The monoisotopic (exact) mass is 329 g/mol. The molecule has 3 nitrogen and oxygen atoms in total. The van der Waals surface area contributed by atoms with Gasteiger partial charge in [0, 0.05) is 24.2 Å². The minimum atomic E-state index is 0.291. The topological polar surface area (TPSA) is 29.0 Å². The van der Waals surface area contributed by atoms with Crippen LogP contribution >= 0.6 is 38.9 Å². The van der Waals surface area contributed by atoms with E-state index in [1.165, 1.54) is 10.4 Å². The van der Waals surface area contributed by atoms with Gasteiger partial charge in [-0.05, 0) is 51.0 Å². The van der Waals surface area contributed by atoms with Crippen molar-refractivity contribution >= 4 is 44.7 Å². The van der Waals surface area contributed by atoms with Gasteiger partial charge >= 0.3 is 0 Å². The van der Waals surface area contributed by atoms with Crippen LogP contribution in [0.5, 0.6) is 0 Å². The summed E-state index contributed by atoms with van der Waals surface area (Å²) in [5.74, 6) is 0.877. The highest BCUT2D eigenvalue weighted by Gasteiger charge is 2.20. The van der Waals surface area contributed by atoms with E-state index in [4.69, 9.17) is 11.6 Å². The summed E-state index contributed by atoms with van der Waals surface area (Å²) in [7, 11) is 0. The molecule has 0 aromatic carbocycles. The lowest BCUT2D eigenvalue weighted by molar-refractivity contribution is 0.728. The molecule has 3 rings (SSSR count). The van der Waals surface area contributed by atoms with Gasteiger partial charge < -0.3 is 4.90 Å². The first-order valence-corrected chi connectivity index (χ1v) is 7.27. The molecule has 1 aliphatic rings. The number of rotatable bonds is 1. The number of hydrogen-bond donors (Lipinski definition) is 0. The van der Waals surface area contributed by atoms with E-state index in [0.717, 1.165) is 29.8 Å². The molecule has 0 amide bonds. The second-order valence-electron chi connectivity index (χ2n) is 3.85. The Balaban J connectivity index is 1.94. The largest absolute Gasteiger partial charge is 0.351 e. The molecule has 0 saturated carbocycles. The van der Waals surface area contributed by atoms with Crippen molar-refractivity contribution in [3.05, 3.63) is 37.8 Å². The van der Waals surface area contributed by atoms with Gasteiger partial charge in [-0.1, -0.05) is 0 Å². The molecule has 88 valence electrons. The minimum absolute atomic E-state index is 0.291. The van der Waals surface area contributed by atoms with Crippen LogP contribution in [0.2, 0.25) is 5.28 Å². The van der Waals surface area contributed by atoms with Gasteiger partial charge in [0.1, 0.15) is 5.82 Å². The molecule has 0 bridgehead atoms. The molecule has 6 heteroatoms. The van der Waals surface area contributed by atoms with Gasteiger partial charge in [0.15, 0.2) is 0 Å². The SMILES string of the molecule is Clc1ncc(Br)c(N2CCc3sccc3C2)n1. The first-order chi connectivity index (χ1) is 8.24. The molecule has 3 heterocycles. The third kappa shape index (κ3) is 2.19. The third-order valence-electron chi connectivity index (χ3n) is 2.80. The second kappa shape index (κ2) is 4.55. The highest BCUT2D eigenvalue weighted by molar-refractivity contribution is 9.10. The van der Waals surface area contributed by atoms with Crippen molar-refractivity contribution in [1.29, 1.82) is 0 Å². The maximum absolute atomic E-state index is 5.85. The predicted octanol–water partition coefficient (Wildman–Crippen LogP) is 3.52. The van der Waals surface area contributed by atoms with Crippen molar-refractivity contribution in [1.82, 2.24) is 9.97 Å². The quantitative estimate of drug-likeness (QED) is 0.749. The Kier molecular flexibility index (Phi) is 3.06. The Morgan fingerprint density at radius 2 is 2.35 bits per heavy atom. The van der Waals surface area contributed by atoms with Crippen LogP contribution in [-0.4, -0.2) is 16.5 Å². The Morgan fingerprint density at radius 1 is 1.47 bits per heavy atom. The summed E-state index contributed by atoms with van der Waals surface area (Å²) in [5, 5.41) is 2.44. The van der Waals surface area contributed by atoms with E-state index in [9.17, 15) is 0 Å². The average Bonchev–Trinajstić information content (AvgIpc) is 2.79. The molecular weight excluding hydrogens is 322 g/mol. The molecule has 2 aromatic rings. The molecule has 0 fully saturated rings. The van der Waals surface area contributed by atoms with E-state index in [-0.39, 0.29) is 0 Å². The number of thiophene rings is 1. The van der Waals surface area contributed by atoms with E-state index in [1.807, 2.05) is 11.3 Å². The van der Waals surface area contributed by atoms with Crippen molar-refractivity contribution in [2.45, 2.75) is 13.0 Å². The van der Waals surface area contributed by atoms with Gasteiger partial charge in [0.25, 0.3) is 0 Å². The highest BCUT2D eigenvalue weighted by Crippen LogP contribution is 2.31. The van der Waals surface area contributed by atoms with Crippen LogP contribution < -0.4 is 4.90 Å². The molecule has 0 saturated heterocycles. The molecule has 17 heavy (non-hydrogen) atoms. The van der Waals surface area contributed by atoms with Gasteiger partial charge in [-0.2, -0.15) is 4.98 Å². The zero-order valence-corrected chi connectivity index (χ0v) is 12.0. The second-order valence-corrected chi connectivity index (χ2v) is 6.04. The summed E-state index contributed by atoms with van der Waals surface area (Å²) in [6.07, 6.45) is 2.77. The lowest BCUT2D eigenvalue weighted by atomic mass is 10.1. The molecule has 0 unspecified atom stereocenters. The molecule has 0 N–H and O–H groups in total. The lowest BCUT2D eigenvalue weighted by Crippen LogP contribution is -2.30. The predicted molar refractivity (Wildman–Crippen MR) is 73.8 cm³/mol. The van der Waals surface area contributed by atoms with Gasteiger partial charge in [-0.15, -0.1) is 11.3 Å². The number of anilines is 1. The maximum Gasteiger partial charge on any atom is 0.224 e. The molecule has 0 spiro atoms. The van der Waals surface area contributed by atoms with Crippen LogP contribution in [0, 0.1) is 0 Å². The van der Waals surface area contributed by atoms with E-state index >= 15 is 0 Å². The smallest absolute Gasteiger partial charge is 0.224 e. The molecule has 0 radical (unpaired) electrons. The van der Waals surface area contributed by atoms with Gasteiger partial charge in [0.05, 0.1) is 4.47 Å². The standard InChI is InChI=1S/C11H9BrClN3S/c12-8-5-14-11(13)15-10(8)16-3-1-9-7(6-16)2-4-17-9/h2,4-5H,1,3,6H2. The van der Waals surface area contributed by atoms with Crippen LogP contribution in [0.3, 0.4) is 0 Å². The zero-order valence-electron chi connectivity index (χ0n) is 8.86. The average molecular weight is 331 g/mol. The first kappa shape index (κ1) is 11.4. The summed E-state index contributed by atoms with van der Waals surface area (Å²) in [6, 6.07) is 2.18. The van der Waals surface area contributed by atoms with Crippen LogP contribution in [-0.2, 0) is 13.0 Å². The lowest BCUT2D eigenvalue weighted by Gasteiger charge is -2.28. The minimum Gasteiger partial charge on any atom is -0.351 e. The Bertz CT molecular complexity index is 557. The van der Waals surface area contributed by atoms with Crippen molar-refractivity contribution in [3.63, 3.8) is 0 Å². The van der Waals surface area contributed by atoms with E-state index < -0.39 is 0 Å². The highest BCUT2D eigenvalue weighted by atomic mass is 79.9. The first-order valence-electron chi connectivity index (χ1n) is 5.22.